The monoisotopic (exact) mass is 453 g/mol. The van der Waals surface area contributed by atoms with Gasteiger partial charge in [-0.2, -0.15) is 23.4 Å². The molecule has 1 N–H and O–H groups in total. The molecule has 0 fully saturated rings. The van der Waals surface area contributed by atoms with Gasteiger partial charge in [0.2, 0.25) is 0 Å². The minimum Gasteiger partial charge on any atom is -0.323 e. The topological polar surface area (TPSA) is 90.0 Å². The summed E-state index contributed by atoms with van der Waals surface area (Å²) in [5.41, 5.74) is 5.40. The van der Waals surface area contributed by atoms with Gasteiger partial charge in [0.05, 0.1) is 28.6 Å². The lowest BCUT2D eigenvalue weighted by Gasteiger charge is -2.08. The predicted octanol–water partition coefficient (Wildman–Crippen LogP) is 2.76. The summed E-state index contributed by atoms with van der Waals surface area (Å²) in [6.45, 7) is 0.471. The Labute approximate surface area is 174 Å². The zero-order chi connectivity index (χ0) is 21.0. The smallest absolute Gasteiger partial charge is 0.323 e. The van der Waals surface area contributed by atoms with Crippen molar-refractivity contribution in [3.05, 3.63) is 37.6 Å². The van der Waals surface area contributed by atoms with Crippen LogP contribution in [-0.2, 0) is 26.2 Å². The van der Waals surface area contributed by atoms with Crippen molar-refractivity contribution < 1.29 is 13.2 Å². The highest BCUT2D eigenvalue weighted by Gasteiger charge is 2.36. The van der Waals surface area contributed by atoms with Gasteiger partial charge in [-0.3, -0.25) is 4.79 Å². The Kier molecular flexibility index (Phi) is 4.39. The first-order valence-electron chi connectivity index (χ1n) is 8.94. The summed E-state index contributed by atoms with van der Waals surface area (Å²) in [5, 5.41) is 9.87. The average Bonchev–Trinajstić information content (AvgIpc) is 3.45. The molecule has 8 nitrogen and oxygen atoms in total. The lowest BCUT2D eigenvalue weighted by molar-refractivity contribution is -0.135. The van der Waals surface area contributed by atoms with E-state index in [1.54, 1.807) is 11.6 Å². The third-order valence-corrected chi connectivity index (χ3v) is 6.88. The Hall–Kier alpha value is -2.80. The molecule has 5 heterocycles. The van der Waals surface area contributed by atoms with Crippen molar-refractivity contribution in [1.29, 1.82) is 0 Å². The molecule has 0 amide bonds. The molecule has 0 saturated heterocycles. The van der Waals surface area contributed by atoms with E-state index in [-0.39, 0.29) is 12.2 Å². The van der Waals surface area contributed by atoms with Gasteiger partial charge in [0.15, 0.2) is 5.65 Å². The van der Waals surface area contributed by atoms with E-state index in [0.717, 1.165) is 38.6 Å². The predicted molar refractivity (Wildman–Crippen MR) is 108 cm³/mol. The number of fused-ring (bicyclic) bond motifs is 3. The van der Waals surface area contributed by atoms with Crippen LogP contribution in [-0.4, -0.2) is 36.6 Å². The number of nitrogens with one attached hydrogen (secondary N) is 1. The molecule has 1 aliphatic heterocycles. The van der Waals surface area contributed by atoms with E-state index in [4.69, 9.17) is 0 Å². The quantitative estimate of drug-likeness (QED) is 0.513. The van der Waals surface area contributed by atoms with Gasteiger partial charge in [-0.25, -0.2) is 14.6 Å². The third kappa shape index (κ3) is 3.08. The second-order valence-corrected chi connectivity index (χ2v) is 8.77. The molecule has 4 aromatic rings. The molecule has 0 spiro atoms. The molecular weight excluding hydrogens is 439 g/mol. The third-order valence-electron chi connectivity index (χ3n) is 4.89. The van der Waals surface area contributed by atoms with Gasteiger partial charge in [0, 0.05) is 37.5 Å². The minimum atomic E-state index is -4.52. The second-order valence-electron chi connectivity index (χ2n) is 6.83. The van der Waals surface area contributed by atoms with Crippen molar-refractivity contribution in [2.24, 2.45) is 12.1 Å². The molecule has 0 bridgehead atoms. The lowest BCUT2D eigenvalue weighted by atomic mass is 10.2. The molecule has 1 aliphatic rings. The zero-order valence-electron chi connectivity index (χ0n) is 15.5. The first kappa shape index (κ1) is 19.2. The molecule has 30 heavy (non-hydrogen) atoms. The van der Waals surface area contributed by atoms with Crippen LogP contribution in [0.15, 0.2) is 21.6 Å². The van der Waals surface area contributed by atoms with E-state index in [1.165, 1.54) is 17.5 Å². The molecular formula is C17H14F3N7OS2. The van der Waals surface area contributed by atoms with Crippen LogP contribution in [0.3, 0.4) is 0 Å². The van der Waals surface area contributed by atoms with Crippen LogP contribution in [0.5, 0.6) is 0 Å². The molecule has 0 unspecified atom stereocenters. The summed E-state index contributed by atoms with van der Waals surface area (Å²) in [7, 11) is 1.72. The van der Waals surface area contributed by atoms with E-state index < -0.39 is 16.6 Å². The summed E-state index contributed by atoms with van der Waals surface area (Å²) in [5.74, 6) is 0. The Morgan fingerprint density at radius 3 is 2.90 bits per heavy atom. The molecule has 4 aromatic heterocycles. The summed E-state index contributed by atoms with van der Waals surface area (Å²) >= 11 is 1.97. The van der Waals surface area contributed by atoms with Gasteiger partial charge < -0.3 is 9.99 Å². The SMILES string of the molecule is Cn1c2nc(CC3=NNCC3)sc2c2cnn(Cc3ncsc3C(F)(F)F)c(=O)c21. The highest BCUT2D eigenvalue weighted by molar-refractivity contribution is 7.19. The number of aromatic nitrogens is 5. The highest BCUT2D eigenvalue weighted by atomic mass is 32.1. The van der Waals surface area contributed by atoms with Crippen molar-refractivity contribution in [3.8, 4) is 0 Å². The van der Waals surface area contributed by atoms with Crippen LogP contribution in [0.4, 0.5) is 13.2 Å². The van der Waals surface area contributed by atoms with Gasteiger partial charge >= 0.3 is 6.18 Å². The van der Waals surface area contributed by atoms with Crippen molar-refractivity contribution in [3.63, 3.8) is 0 Å². The molecule has 0 atom stereocenters. The van der Waals surface area contributed by atoms with Crippen LogP contribution in [0.2, 0.25) is 0 Å². The molecule has 0 radical (unpaired) electrons. The van der Waals surface area contributed by atoms with E-state index >= 15 is 0 Å². The summed E-state index contributed by atoms with van der Waals surface area (Å²) in [6.07, 6.45) is -1.49. The van der Waals surface area contributed by atoms with E-state index in [1.807, 2.05) is 0 Å². The van der Waals surface area contributed by atoms with Crippen LogP contribution in [0.1, 0.15) is 22.0 Å². The minimum absolute atomic E-state index is 0.219. The maximum absolute atomic E-state index is 13.1. The fourth-order valence-electron chi connectivity index (χ4n) is 3.50. The maximum atomic E-state index is 13.1. The van der Waals surface area contributed by atoms with Gasteiger partial charge in [0.25, 0.3) is 5.56 Å². The maximum Gasteiger partial charge on any atom is 0.427 e. The number of rotatable bonds is 4. The van der Waals surface area contributed by atoms with Crippen molar-refractivity contribution in [2.75, 3.05) is 6.54 Å². The Balaban J connectivity index is 1.55. The number of hydrogen-bond donors (Lipinski definition) is 1. The molecule has 0 aliphatic carbocycles. The van der Waals surface area contributed by atoms with Crippen LogP contribution in [0, 0.1) is 0 Å². The normalized spacial score (nSPS) is 14.6. The average molecular weight is 453 g/mol. The number of hydrazone groups is 1. The second kappa shape index (κ2) is 6.87. The number of alkyl halides is 3. The van der Waals surface area contributed by atoms with Crippen LogP contribution < -0.4 is 11.0 Å². The Morgan fingerprint density at radius 1 is 1.33 bits per heavy atom. The largest absolute Gasteiger partial charge is 0.427 e. The fraction of sp³-hybridized carbons (Fsp3) is 0.353. The van der Waals surface area contributed by atoms with Gasteiger partial charge in [0.1, 0.15) is 15.4 Å². The van der Waals surface area contributed by atoms with E-state index in [0.29, 0.717) is 34.3 Å². The van der Waals surface area contributed by atoms with Crippen LogP contribution in [0.25, 0.3) is 21.3 Å². The standard InChI is InChI=1S/C17H14F3N7OS2/c1-26-12-9(13-15(26)24-11(30-13)4-8-2-3-22-25-8)5-23-27(16(12)28)6-10-14(17(18,19)20)29-7-21-10/h5,7,22H,2-4,6H2,1H3. The lowest BCUT2D eigenvalue weighted by Crippen LogP contribution is -2.25. The van der Waals surface area contributed by atoms with Crippen LogP contribution >= 0.6 is 22.7 Å². The number of aryl methyl sites for hydroxylation is 1. The number of thiazole rings is 2. The number of nitrogens with zero attached hydrogens (tertiary/aromatic N) is 6. The van der Waals surface area contributed by atoms with E-state index in [9.17, 15) is 18.0 Å². The highest BCUT2D eigenvalue weighted by Crippen LogP contribution is 2.35. The Morgan fingerprint density at radius 2 is 2.17 bits per heavy atom. The fourth-order valence-corrected chi connectivity index (χ4v) is 5.31. The van der Waals surface area contributed by atoms with Gasteiger partial charge in [-0.15, -0.1) is 22.7 Å². The summed E-state index contributed by atoms with van der Waals surface area (Å²) in [6, 6.07) is 0. The summed E-state index contributed by atoms with van der Waals surface area (Å²) in [4.78, 5) is 20.6. The summed E-state index contributed by atoms with van der Waals surface area (Å²) < 4.78 is 42.9. The van der Waals surface area contributed by atoms with Gasteiger partial charge in [-0.1, -0.05) is 0 Å². The van der Waals surface area contributed by atoms with Gasteiger partial charge in [-0.05, 0) is 0 Å². The van der Waals surface area contributed by atoms with Crippen molar-refractivity contribution in [1.82, 2.24) is 29.7 Å². The molecule has 13 heteroatoms. The molecule has 5 rings (SSSR count). The van der Waals surface area contributed by atoms with Crippen molar-refractivity contribution in [2.45, 2.75) is 25.6 Å². The van der Waals surface area contributed by atoms with E-state index in [2.05, 4.69) is 25.6 Å². The molecule has 156 valence electrons. The molecule has 0 aromatic carbocycles. The number of hydrogen-bond acceptors (Lipinski definition) is 8. The Bertz CT molecular complexity index is 1360. The molecule has 0 saturated carbocycles. The number of halogens is 3. The first-order valence-corrected chi connectivity index (χ1v) is 10.6. The van der Waals surface area contributed by atoms with Crippen molar-refractivity contribution >= 4 is 49.6 Å². The zero-order valence-corrected chi connectivity index (χ0v) is 17.2. The first-order chi connectivity index (χ1) is 14.3.